The molecule has 0 aliphatic rings. The van der Waals surface area contributed by atoms with E-state index in [2.05, 4.69) is 0 Å². The van der Waals surface area contributed by atoms with Gasteiger partial charge in [0.1, 0.15) is 0 Å². The van der Waals surface area contributed by atoms with Gasteiger partial charge < -0.3 is 10.2 Å². The Bertz CT molecular complexity index is 936. The maximum absolute atomic E-state index is 13.8. The summed E-state index contributed by atoms with van der Waals surface area (Å²) >= 11 is 0. The SMILES string of the molecule is Oc1ccc(CCCC(F)(F)C(F)(F)C(F)(F)C(F)(F)C(F)(F)C(F)(F)C(F)(F)C(F)(F)F)cc1O. The largest absolute Gasteiger partial charge is 0.504 e. The van der Waals surface area contributed by atoms with Crippen molar-refractivity contribution in [2.45, 2.75) is 66.9 Å². The second kappa shape index (κ2) is 8.88. The van der Waals surface area contributed by atoms with Gasteiger partial charge in [-0.2, -0.15) is 74.6 Å². The summed E-state index contributed by atoms with van der Waals surface area (Å²) in [5.74, 6) is -58.0. The molecule has 0 saturated heterocycles. The van der Waals surface area contributed by atoms with E-state index in [1.807, 2.05) is 0 Å². The second-order valence-electron chi connectivity index (χ2n) is 7.33. The summed E-state index contributed by atoms with van der Waals surface area (Å²) in [5.41, 5.74) is -0.248. The van der Waals surface area contributed by atoms with Crippen LogP contribution in [-0.4, -0.2) is 57.8 Å². The van der Waals surface area contributed by atoms with Crippen LogP contribution in [-0.2, 0) is 6.42 Å². The van der Waals surface area contributed by atoms with Gasteiger partial charge in [0.15, 0.2) is 11.5 Å². The van der Waals surface area contributed by atoms with Crippen LogP contribution in [0, 0.1) is 0 Å². The summed E-state index contributed by atoms with van der Waals surface area (Å²) in [7, 11) is 0. The second-order valence-corrected chi connectivity index (χ2v) is 7.33. The highest BCUT2D eigenvalue weighted by molar-refractivity contribution is 5.40. The van der Waals surface area contributed by atoms with Gasteiger partial charge >= 0.3 is 47.6 Å². The van der Waals surface area contributed by atoms with Gasteiger partial charge in [-0.25, -0.2) is 0 Å². The first-order valence-corrected chi connectivity index (χ1v) is 8.86. The van der Waals surface area contributed by atoms with E-state index in [4.69, 9.17) is 5.11 Å². The van der Waals surface area contributed by atoms with Gasteiger partial charge in [-0.05, 0) is 30.5 Å². The Morgan fingerprint density at radius 3 is 1.28 bits per heavy atom. The van der Waals surface area contributed by atoms with E-state index < -0.39 is 78.4 Å². The molecule has 0 fully saturated rings. The Kier molecular flexibility index (Phi) is 7.81. The van der Waals surface area contributed by atoms with Crippen molar-refractivity contribution in [3.63, 3.8) is 0 Å². The van der Waals surface area contributed by atoms with Crippen molar-refractivity contribution in [3.8, 4) is 11.5 Å². The van der Waals surface area contributed by atoms with Crippen LogP contribution in [0.15, 0.2) is 18.2 Å². The number of aryl methyl sites for hydroxylation is 1. The highest BCUT2D eigenvalue weighted by Crippen LogP contribution is 2.64. The lowest BCUT2D eigenvalue weighted by atomic mass is 9.87. The molecule has 0 heterocycles. The summed E-state index contributed by atoms with van der Waals surface area (Å²) in [6.45, 7) is 0. The molecule has 0 bridgehead atoms. The van der Waals surface area contributed by atoms with Crippen LogP contribution in [0.5, 0.6) is 11.5 Å². The van der Waals surface area contributed by atoms with Crippen LogP contribution in [0.25, 0.3) is 0 Å². The van der Waals surface area contributed by atoms with Crippen LogP contribution in [0.2, 0.25) is 0 Å². The van der Waals surface area contributed by atoms with Crippen molar-refractivity contribution in [1.82, 2.24) is 0 Å². The van der Waals surface area contributed by atoms with E-state index in [0.717, 1.165) is 12.1 Å². The van der Waals surface area contributed by atoms with Gasteiger partial charge in [0.2, 0.25) is 0 Å². The Labute approximate surface area is 188 Å². The van der Waals surface area contributed by atoms with Crippen LogP contribution in [0.1, 0.15) is 18.4 Å². The fraction of sp³-hybridized carbons (Fsp3) is 0.647. The van der Waals surface area contributed by atoms with Gasteiger partial charge in [-0.1, -0.05) is 6.07 Å². The molecule has 210 valence electrons. The van der Waals surface area contributed by atoms with E-state index in [1.165, 1.54) is 0 Å². The summed E-state index contributed by atoms with van der Waals surface area (Å²) < 4.78 is 224. The van der Waals surface area contributed by atoms with E-state index >= 15 is 0 Å². The highest BCUT2D eigenvalue weighted by atomic mass is 19.4. The summed E-state index contributed by atoms with van der Waals surface area (Å²) in [6, 6.07) is 2.26. The molecule has 0 amide bonds. The molecule has 1 aromatic rings. The van der Waals surface area contributed by atoms with E-state index in [0.29, 0.717) is 6.07 Å². The number of benzene rings is 1. The monoisotopic (exact) mass is 570 g/mol. The number of hydrogen-bond acceptors (Lipinski definition) is 2. The molecule has 0 atom stereocenters. The molecule has 0 unspecified atom stereocenters. The fourth-order valence-corrected chi connectivity index (χ4v) is 2.59. The molecular weight excluding hydrogens is 559 g/mol. The lowest BCUT2D eigenvalue weighted by Crippen LogP contribution is -2.74. The molecular formula is C17H11F17O2. The maximum atomic E-state index is 13.8. The Hall–Kier alpha value is -2.37. The number of halogens is 17. The number of rotatable bonds is 10. The maximum Gasteiger partial charge on any atom is 0.460 e. The van der Waals surface area contributed by atoms with E-state index in [1.54, 1.807) is 0 Å². The molecule has 0 saturated carbocycles. The van der Waals surface area contributed by atoms with Gasteiger partial charge in [0, 0.05) is 6.42 Å². The minimum Gasteiger partial charge on any atom is -0.504 e. The quantitative estimate of drug-likeness (QED) is 0.227. The molecule has 0 radical (unpaired) electrons. The molecule has 1 rings (SSSR count). The highest BCUT2D eigenvalue weighted by Gasteiger charge is 2.95. The third kappa shape index (κ3) is 4.56. The van der Waals surface area contributed by atoms with Crippen LogP contribution in [0.3, 0.4) is 0 Å². The van der Waals surface area contributed by atoms with Crippen molar-refractivity contribution < 1.29 is 84.9 Å². The summed E-state index contributed by atoms with van der Waals surface area (Å²) in [4.78, 5) is 0. The molecule has 2 nitrogen and oxygen atoms in total. The topological polar surface area (TPSA) is 40.5 Å². The lowest BCUT2D eigenvalue weighted by Gasteiger charge is -2.42. The Morgan fingerprint density at radius 1 is 0.500 bits per heavy atom. The molecule has 0 aliphatic heterocycles. The predicted molar refractivity (Wildman–Crippen MR) is 83.4 cm³/mol. The molecule has 0 spiro atoms. The van der Waals surface area contributed by atoms with Crippen LogP contribution >= 0.6 is 0 Å². The van der Waals surface area contributed by atoms with Crippen molar-refractivity contribution >= 4 is 0 Å². The number of hydrogen-bond donors (Lipinski definition) is 2. The minimum absolute atomic E-state index is 0.248. The Morgan fingerprint density at radius 2 is 0.889 bits per heavy atom. The van der Waals surface area contributed by atoms with Gasteiger partial charge in [0.05, 0.1) is 0 Å². The molecule has 19 heteroatoms. The minimum atomic E-state index is -8.65. The van der Waals surface area contributed by atoms with Gasteiger partial charge in [-0.15, -0.1) is 0 Å². The van der Waals surface area contributed by atoms with Crippen LogP contribution in [0.4, 0.5) is 74.6 Å². The first kappa shape index (κ1) is 31.7. The van der Waals surface area contributed by atoms with Crippen LogP contribution < -0.4 is 0 Å². The third-order valence-electron chi connectivity index (χ3n) is 4.78. The number of alkyl halides is 17. The number of aromatic hydroxyl groups is 2. The van der Waals surface area contributed by atoms with Crippen molar-refractivity contribution in [2.24, 2.45) is 0 Å². The van der Waals surface area contributed by atoms with E-state index in [-0.39, 0.29) is 5.56 Å². The predicted octanol–water partition coefficient (Wildman–Crippen LogP) is 7.43. The Balaban J connectivity index is 3.34. The molecule has 1 aromatic carbocycles. The molecule has 0 aliphatic carbocycles. The van der Waals surface area contributed by atoms with Crippen molar-refractivity contribution in [3.05, 3.63) is 23.8 Å². The van der Waals surface area contributed by atoms with Gasteiger partial charge in [0.25, 0.3) is 0 Å². The number of phenols is 2. The average Bonchev–Trinajstić information content (AvgIpc) is 2.68. The van der Waals surface area contributed by atoms with Gasteiger partial charge in [-0.3, -0.25) is 0 Å². The normalized spacial score (nSPS) is 15.4. The summed E-state index contributed by atoms with van der Waals surface area (Å²) in [6.07, 6.45) is -12.6. The standard InChI is InChI=1S/C17H11F17O2/c18-10(19,5-1-2-7-3-4-8(35)9(36)6-7)11(20,21)12(22,23)13(24,25)14(26,27)15(28,29)16(30,31)17(32,33)34/h3-4,6,35-36H,1-2,5H2. The van der Waals surface area contributed by atoms with Crippen molar-refractivity contribution in [2.75, 3.05) is 0 Å². The lowest BCUT2D eigenvalue weighted by molar-refractivity contribution is -0.461. The number of phenolic OH excluding ortho intramolecular Hbond substituents is 2. The molecule has 0 aromatic heterocycles. The summed E-state index contributed by atoms with van der Waals surface area (Å²) in [5, 5.41) is 18.2. The molecule has 36 heavy (non-hydrogen) atoms. The zero-order valence-corrected chi connectivity index (χ0v) is 16.7. The van der Waals surface area contributed by atoms with E-state index in [9.17, 15) is 79.7 Å². The third-order valence-corrected chi connectivity index (χ3v) is 4.78. The van der Waals surface area contributed by atoms with Crippen molar-refractivity contribution in [1.29, 1.82) is 0 Å². The fourth-order valence-electron chi connectivity index (χ4n) is 2.59. The zero-order valence-electron chi connectivity index (χ0n) is 16.7. The first-order chi connectivity index (χ1) is 15.6. The first-order valence-electron chi connectivity index (χ1n) is 8.86. The molecule has 2 N–H and O–H groups in total. The smallest absolute Gasteiger partial charge is 0.460 e. The zero-order chi connectivity index (χ0) is 29.0. The average molecular weight is 570 g/mol.